The second kappa shape index (κ2) is 15.3. The fourth-order valence-electron chi connectivity index (χ4n) is 8.77. The van der Waals surface area contributed by atoms with Gasteiger partial charge in [0.05, 0.1) is 10.4 Å². The molecule has 0 aliphatic heterocycles. The lowest BCUT2D eigenvalue weighted by Crippen LogP contribution is -2.10. The highest BCUT2D eigenvalue weighted by Gasteiger charge is 2.21. The molecule has 0 fully saturated rings. The third kappa shape index (κ3) is 6.44. The second-order valence-corrected chi connectivity index (χ2v) is 16.3. The monoisotopic (exact) mass is 781 g/mol. The molecule has 0 atom stereocenters. The number of benzene rings is 10. The highest BCUT2D eigenvalue weighted by molar-refractivity contribution is 7.27. The Hall–Kier alpha value is -7.52. The normalized spacial score (nSPS) is 11.3. The van der Waals surface area contributed by atoms with Crippen LogP contribution in [0.4, 0.5) is 17.1 Å². The molecule has 282 valence electrons. The SMILES string of the molecule is c1ccc(-c2ccc(N(c3ccc(-c4ccc(-c5cccc6ccccc56)cc4)cc3)c3cccc4c3sc3c(-c5ccccc5)cccc34)cc2-c2ccccc2)cc1. The van der Waals surface area contributed by atoms with Gasteiger partial charge < -0.3 is 4.90 Å². The van der Waals surface area contributed by atoms with Gasteiger partial charge in [-0.2, -0.15) is 0 Å². The van der Waals surface area contributed by atoms with E-state index in [-0.39, 0.29) is 0 Å². The fraction of sp³-hybridized carbons (Fsp3) is 0. The lowest BCUT2D eigenvalue weighted by atomic mass is 9.93. The van der Waals surface area contributed by atoms with Gasteiger partial charge in [-0.25, -0.2) is 0 Å². The highest BCUT2D eigenvalue weighted by Crippen LogP contribution is 2.48. The van der Waals surface area contributed by atoms with Crippen LogP contribution in [-0.4, -0.2) is 0 Å². The summed E-state index contributed by atoms with van der Waals surface area (Å²) < 4.78 is 2.56. The first kappa shape index (κ1) is 35.6. The maximum absolute atomic E-state index is 2.45. The van der Waals surface area contributed by atoms with Gasteiger partial charge in [0.15, 0.2) is 0 Å². The molecular formula is C58H39NS. The lowest BCUT2D eigenvalue weighted by molar-refractivity contribution is 1.30. The molecule has 11 aromatic rings. The number of anilines is 3. The zero-order chi connectivity index (χ0) is 39.8. The largest absolute Gasteiger partial charge is 0.309 e. The zero-order valence-corrected chi connectivity index (χ0v) is 33.7. The predicted molar refractivity (Wildman–Crippen MR) is 259 cm³/mol. The lowest BCUT2D eigenvalue weighted by Gasteiger charge is -2.27. The average Bonchev–Trinajstić information content (AvgIpc) is 3.72. The molecule has 0 aliphatic rings. The van der Waals surface area contributed by atoms with E-state index in [1.165, 1.54) is 86.6 Å². The molecule has 1 heterocycles. The summed E-state index contributed by atoms with van der Waals surface area (Å²) in [6.07, 6.45) is 0. The molecule has 0 saturated carbocycles. The third-order valence-corrected chi connectivity index (χ3v) is 13.0. The Morgan fingerprint density at radius 3 is 1.43 bits per heavy atom. The van der Waals surface area contributed by atoms with E-state index in [9.17, 15) is 0 Å². The van der Waals surface area contributed by atoms with Gasteiger partial charge in [0.2, 0.25) is 0 Å². The number of fused-ring (bicyclic) bond motifs is 4. The first-order chi connectivity index (χ1) is 29.8. The van der Waals surface area contributed by atoms with Crippen LogP contribution in [0.5, 0.6) is 0 Å². The summed E-state index contributed by atoms with van der Waals surface area (Å²) >= 11 is 1.89. The van der Waals surface area contributed by atoms with E-state index in [1.807, 2.05) is 11.3 Å². The van der Waals surface area contributed by atoms with Gasteiger partial charge in [0, 0.05) is 26.8 Å². The Kier molecular flexibility index (Phi) is 9.11. The number of nitrogens with zero attached hydrogens (tertiary/aromatic N) is 1. The van der Waals surface area contributed by atoms with Crippen molar-refractivity contribution in [2.24, 2.45) is 0 Å². The molecule has 0 N–H and O–H groups in total. The number of hydrogen-bond donors (Lipinski definition) is 0. The number of thiophene rings is 1. The van der Waals surface area contributed by atoms with Gasteiger partial charge in [-0.1, -0.05) is 206 Å². The third-order valence-electron chi connectivity index (χ3n) is 11.7. The molecule has 2 heteroatoms. The van der Waals surface area contributed by atoms with E-state index in [0.29, 0.717) is 0 Å². The Morgan fingerprint density at radius 2 is 0.733 bits per heavy atom. The van der Waals surface area contributed by atoms with Crippen molar-refractivity contribution in [3.63, 3.8) is 0 Å². The van der Waals surface area contributed by atoms with E-state index >= 15 is 0 Å². The van der Waals surface area contributed by atoms with Crippen molar-refractivity contribution in [2.75, 3.05) is 4.90 Å². The van der Waals surface area contributed by atoms with Gasteiger partial charge in [-0.3, -0.25) is 0 Å². The van der Waals surface area contributed by atoms with Gasteiger partial charge in [-0.15, -0.1) is 11.3 Å². The minimum absolute atomic E-state index is 1.10. The van der Waals surface area contributed by atoms with Gasteiger partial charge >= 0.3 is 0 Å². The van der Waals surface area contributed by atoms with Crippen LogP contribution in [0, 0.1) is 0 Å². The van der Waals surface area contributed by atoms with Gasteiger partial charge in [0.25, 0.3) is 0 Å². The van der Waals surface area contributed by atoms with Crippen LogP contribution in [0.1, 0.15) is 0 Å². The Morgan fingerprint density at radius 1 is 0.267 bits per heavy atom. The highest BCUT2D eigenvalue weighted by atomic mass is 32.1. The summed E-state index contributed by atoms with van der Waals surface area (Å²) in [6.45, 7) is 0. The van der Waals surface area contributed by atoms with Crippen LogP contribution < -0.4 is 4.90 Å². The summed E-state index contributed by atoms with van der Waals surface area (Å²) in [6, 6.07) is 86.0. The van der Waals surface area contributed by atoms with E-state index < -0.39 is 0 Å². The molecule has 0 unspecified atom stereocenters. The predicted octanol–water partition coefficient (Wildman–Crippen LogP) is 17.0. The Bertz CT molecular complexity index is 3270. The van der Waals surface area contributed by atoms with Crippen molar-refractivity contribution < 1.29 is 0 Å². The maximum atomic E-state index is 2.45. The Labute approximate surface area is 354 Å². The Balaban J connectivity index is 1.06. The van der Waals surface area contributed by atoms with E-state index in [4.69, 9.17) is 0 Å². The molecule has 1 nitrogen and oxygen atoms in total. The summed E-state index contributed by atoms with van der Waals surface area (Å²) in [5.41, 5.74) is 15.5. The van der Waals surface area contributed by atoms with E-state index in [2.05, 4.69) is 241 Å². The van der Waals surface area contributed by atoms with Crippen LogP contribution in [0.3, 0.4) is 0 Å². The molecule has 10 aromatic carbocycles. The standard InChI is InChI=1S/C58H39NS/c1-4-15-42(16-5-1)51-38-37-48(39-55(51)45-19-8-3-9-20-45)59(56-28-14-27-54-53-26-13-25-52(57(53)60-58(54)56)44-17-6-2-7-18-44)47-35-33-41(34-36-47)40-29-31-46(32-30-40)50-24-12-22-43-21-10-11-23-49(43)50/h1-39H. The second-order valence-electron chi connectivity index (χ2n) is 15.3. The smallest absolute Gasteiger partial charge is 0.0640 e. The topological polar surface area (TPSA) is 3.24 Å². The van der Waals surface area contributed by atoms with Crippen LogP contribution in [0.25, 0.3) is 86.6 Å². The molecule has 1 aromatic heterocycles. The van der Waals surface area contributed by atoms with Crippen LogP contribution in [0.2, 0.25) is 0 Å². The summed E-state index contributed by atoms with van der Waals surface area (Å²) in [5.74, 6) is 0. The minimum atomic E-state index is 1.10. The fourth-order valence-corrected chi connectivity index (χ4v) is 10.1. The molecule has 60 heavy (non-hydrogen) atoms. The van der Waals surface area contributed by atoms with Crippen LogP contribution in [0.15, 0.2) is 237 Å². The molecule has 0 saturated heterocycles. The quantitative estimate of drug-likeness (QED) is 0.148. The summed E-state index contributed by atoms with van der Waals surface area (Å²) in [5, 5.41) is 5.08. The number of rotatable bonds is 8. The molecular weight excluding hydrogens is 743 g/mol. The zero-order valence-electron chi connectivity index (χ0n) is 32.9. The summed E-state index contributed by atoms with van der Waals surface area (Å²) in [7, 11) is 0. The van der Waals surface area contributed by atoms with Crippen molar-refractivity contribution in [3.05, 3.63) is 237 Å². The molecule has 0 amide bonds. The van der Waals surface area contributed by atoms with Crippen molar-refractivity contribution in [3.8, 4) is 55.6 Å². The van der Waals surface area contributed by atoms with Crippen molar-refractivity contribution in [2.45, 2.75) is 0 Å². The number of hydrogen-bond acceptors (Lipinski definition) is 2. The molecule has 0 spiro atoms. The van der Waals surface area contributed by atoms with Crippen molar-refractivity contribution >= 4 is 59.3 Å². The molecule has 11 rings (SSSR count). The minimum Gasteiger partial charge on any atom is -0.309 e. The van der Waals surface area contributed by atoms with Gasteiger partial charge in [0.1, 0.15) is 0 Å². The first-order valence-corrected chi connectivity index (χ1v) is 21.3. The molecule has 0 radical (unpaired) electrons. The van der Waals surface area contributed by atoms with Gasteiger partial charge in [-0.05, 0) is 96.7 Å². The maximum Gasteiger partial charge on any atom is 0.0640 e. The summed E-state index contributed by atoms with van der Waals surface area (Å²) in [4.78, 5) is 2.45. The van der Waals surface area contributed by atoms with Crippen LogP contribution in [-0.2, 0) is 0 Å². The van der Waals surface area contributed by atoms with E-state index in [1.54, 1.807) is 0 Å². The molecule has 0 aliphatic carbocycles. The van der Waals surface area contributed by atoms with Crippen molar-refractivity contribution in [1.82, 2.24) is 0 Å². The van der Waals surface area contributed by atoms with E-state index in [0.717, 1.165) is 17.1 Å². The molecule has 0 bridgehead atoms. The van der Waals surface area contributed by atoms with Crippen molar-refractivity contribution in [1.29, 1.82) is 0 Å². The average molecular weight is 782 g/mol. The first-order valence-electron chi connectivity index (χ1n) is 20.5. The van der Waals surface area contributed by atoms with Crippen LogP contribution >= 0.6 is 11.3 Å².